The Hall–Kier alpha value is -1.22. The quantitative estimate of drug-likeness (QED) is 0.664. The zero-order chi connectivity index (χ0) is 10.5. The Morgan fingerprint density at radius 1 is 1.12 bits per heavy atom. The monoisotopic (exact) mass is 217 g/mol. The smallest absolute Gasteiger partial charge is 0.231 e. The largest absolute Gasteiger partial charge is 0.454 e. The molecule has 84 valence electrons. The third-order valence-electron chi connectivity index (χ3n) is 4.03. The molecule has 0 amide bonds. The third kappa shape index (κ3) is 1.12. The van der Waals surface area contributed by atoms with Crippen molar-refractivity contribution in [3.05, 3.63) is 23.3 Å². The van der Waals surface area contributed by atoms with E-state index in [1.54, 1.807) is 0 Å². The molecule has 1 aromatic rings. The lowest BCUT2D eigenvalue weighted by molar-refractivity contribution is 0.174. The van der Waals surface area contributed by atoms with Crippen LogP contribution in [-0.4, -0.2) is 24.8 Å². The van der Waals surface area contributed by atoms with E-state index in [2.05, 4.69) is 17.0 Å². The van der Waals surface area contributed by atoms with Crippen molar-refractivity contribution in [2.45, 2.75) is 25.3 Å². The van der Waals surface area contributed by atoms with E-state index in [0.717, 1.165) is 17.9 Å². The van der Waals surface area contributed by atoms with Crippen LogP contribution in [0.3, 0.4) is 0 Å². The van der Waals surface area contributed by atoms with Crippen LogP contribution in [0.2, 0.25) is 0 Å². The first-order chi connectivity index (χ1) is 7.92. The molecule has 3 aliphatic heterocycles. The van der Waals surface area contributed by atoms with Gasteiger partial charge in [-0.1, -0.05) is 0 Å². The molecule has 1 atom stereocenters. The van der Waals surface area contributed by atoms with Crippen LogP contribution in [0.15, 0.2) is 12.1 Å². The summed E-state index contributed by atoms with van der Waals surface area (Å²) in [6.45, 7) is 2.85. The normalized spacial score (nSPS) is 26.6. The van der Waals surface area contributed by atoms with Gasteiger partial charge in [0.1, 0.15) is 0 Å². The highest BCUT2D eigenvalue weighted by Crippen LogP contribution is 2.43. The van der Waals surface area contributed by atoms with Crippen molar-refractivity contribution in [3.8, 4) is 11.5 Å². The molecule has 0 aromatic heterocycles. The van der Waals surface area contributed by atoms with E-state index in [0.29, 0.717) is 12.8 Å². The second-order valence-electron chi connectivity index (χ2n) is 4.85. The maximum absolute atomic E-state index is 5.47. The summed E-state index contributed by atoms with van der Waals surface area (Å²) in [5, 5.41) is 0. The predicted molar refractivity (Wildman–Crippen MR) is 59.8 cm³/mol. The second-order valence-corrected chi connectivity index (χ2v) is 4.85. The van der Waals surface area contributed by atoms with E-state index < -0.39 is 0 Å². The van der Waals surface area contributed by atoms with Gasteiger partial charge in [-0.15, -0.1) is 0 Å². The lowest BCUT2D eigenvalue weighted by atomic mass is 9.92. The van der Waals surface area contributed by atoms with E-state index in [1.807, 2.05) is 0 Å². The Bertz CT molecular complexity index is 444. The first-order valence-corrected chi connectivity index (χ1v) is 6.08. The molecule has 3 nitrogen and oxygen atoms in total. The van der Waals surface area contributed by atoms with Crippen molar-refractivity contribution >= 4 is 0 Å². The minimum atomic E-state index is 0.382. The summed E-state index contributed by atoms with van der Waals surface area (Å²) >= 11 is 0. The predicted octanol–water partition coefficient (Wildman–Crippen LogP) is 2.11. The molecule has 1 fully saturated rings. The Kier molecular flexibility index (Phi) is 1.74. The van der Waals surface area contributed by atoms with E-state index in [1.165, 1.54) is 37.1 Å². The first kappa shape index (κ1) is 8.88. The molecule has 1 saturated heterocycles. The first-order valence-electron chi connectivity index (χ1n) is 6.08. The zero-order valence-electron chi connectivity index (χ0n) is 9.24. The van der Waals surface area contributed by atoms with Gasteiger partial charge in [0.2, 0.25) is 6.79 Å². The minimum absolute atomic E-state index is 0.382. The number of ether oxygens (including phenoxy) is 2. The zero-order valence-corrected chi connectivity index (χ0v) is 9.24. The topological polar surface area (TPSA) is 21.7 Å². The molecule has 0 N–H and O–H groups in total. The fourth-order valence-electron chi connectivity index (χ4n) is 3.24. The Morgan fingerprint density at radius 3 is 2.94 bits per heavy atom. The van der Waals surface area contributed by atoms with Crippen LogP contribution in [0, 0.1) is 0 Å². The summed E-state index contributed by atoms with van der Waals surface area (Å²) in [5.41, 5.74) is 2.94. The molecular weight excluding hydrogens is 202 g/mol. The molecular formula is C13H15NO2. The van der Waals surface area contributed by atoms with Gasteiger partial charge in [-0.05, 0) is 49.1 Å². The van der Waals surface area contributed by atoms with Gasteiger partial charge in [-0.2, -0.15) is 0 Å². The number of fused-ring (bicyclic) bond motifs is 4. The number of nitrogens with zero attached hydrogens (tertiary/aromatic N) is 1. The number of hydrogen-bond donors (Lipinski definition) is 0. The SMILES string of the molecule is c1c2c(cc3c1OCO3)[C@H]1CCCN1CC2. The molecule has 3 aliphatic rings. The maximum Gasteiger partial charge on any atom is 0.231 e. The third-order valence-corrected chi connectivity index (χ3v) is 4.03. The highest BCUT2D eigenvalue weighted by atomic mass is 16.7. The van der Waals surface area contributed by atoms with Crippen LogP contribution in [0.4, 0.5) is 0 Å². The van der Waals surface area contributed by atoms with Crippen LogP contribution in [0.5, 0.6) is 11.5 Å². The average Bonchev–Trinajstić information content (AvgIpc) is 2.94. The van der Waals surface area contributed by atoms with Gasteiger partial charge in [-0.3, -0.25) is 4.90 Å². The molecule has 0 unspecified atom stereocenters. The molecule has 3 heterocycles. The number of benzene rings is 1. The van der Waals surface area contributed by atoms with Gasteiger partial charge in [0, 0.05) is 12.6 Å². The fourth-order valence-corrected chi connectivity index (χ4v) is 3.24. The summed E-state index contributed by atoms with van der Waals surface area (Å²) in [6.07, 6.45) is 3.79. The molecule has 0 spiro atoms. The molecule has 16 heavy (non-hydrogen) atoms. The molecule has 1 aromatic carbocycles. The molecule has 0 aliphatic carbocycles. The van der Waals surface area contributed by atoms with Crippen LogP contribution >= 0.6 is 0 Å². The van der Waals surface area contributed by atoms with Crippen molar-refractivity contribution in [2.24, 2.45) is 0 Å². The molecule has 4 rings (SSSR count). The van der Waals surface area contributed by atoms with Crippen molar-refractivity contribution < 1.29 is 9.47 Å². The lowest BCUT2D eigenvalue weighted by Gasteiger charge is -2.31. The van der Waals surface area contributed by atoms with E-state index in [4.69, 9.17) is 9.47 Å². The summed E-state index contributed by atoms with van der Waals surface area (Å²) in [5.74, 6) is 1.87. The minimum Gasteiger partial charge on any atom is -0.454 e. The van der Waals surface area contributed by atoms with Crippen molar-refractivity contribution in [3.63, 3.8) is 0 Å². The van der Waals surface area contributed by atoms with Crippen LogP contribution in [0.25, 0.3) is 0 Å². The molecule has 0 radical (unpaired) electrons. The van der Waals surface area contributed by atoms with Crippen molar-refractivity contribution in [2.75, 3.05) is 19.9 Å². The summed E-state index contributed by atoms with van der Waals surface area (Å²) in [6, 6.07) is 5.03. The lowest BCUT2D eigenvalue weighted by Crippen LogP contribution is -2.30. The van der Waals surface area contributed by atoms with E-state index in [-0.39, 0.29) is 0 Å². The van der Waals surface area contributed by atoms with Crippen LogP contribution in [0.1, 0.15) is 30.0 Å². The highest BCUT2D eigenvalue weighted by molar-refractivity contribution is 5.50. The highest BCUT2D eigenvalue weighted by Gasteiger charge is 2.32. The van der Waals surface area contributed by atoms with E-state index in [9.17, 15) is 0 Å². The summed E-state index contributed by atoms with van der Waals surface area (Å²) < 4.78 is 10.9. The van der Waals surface area contributed by atoms with Crippen molar-refractivity contribution in [1.29, 1.82) is 0 Å². The molecule has 0 bridgehead atoms. The Labute approximate surface area is 95.0 Å². The van der Waals surface area contributed by atoms with Crippen molar-refractivity contribution in [1.82, 2.24) is 4.90 Å². The van der Waals surface area contributed by atoms with Crippen LogP contribution in [-0.2, 0) is 6.42 Å². The van der Waals surface area contributed by atoms with Gasteiger partial charge < -0.3 is 9.47 Å². The second kappa shape index (κ2) is 3.14. The van der Waals surface area contributed by atoms with Gasteiger partial charge in [-0.25, -0.2) is 0 Å². The van der Waals surface area contributed by atoms with Gasteiger partial charge in [0.25, 0.3) is 0 Å². The molecule has 0 saturated carbocycles. The summed E-state index contributed by atoms with van der Waals surface area (Å²) in [4.78, 5) is 2.60. The van der Waals surface area contributed by atoms with E-state index >= 15 is 0 Å². The summed E-state index contributed by atoms with van der Waals surface area (Å²) in [7, 11) is 0. The van der Waals surface area contributed by atoms with Crippen LogP contribution < -0.4 is 9.47 Å². The fraction of sp³-hybridized carbons (Fsp3) is 0.538. The Morgan fingerprint density at radius 2 is 2.00 bits per heavy atom. The number of hydrogen-bond acceptors (Lipinski definition) is 3. The maximum atomic E-state index is 5.47. The number of rotatable bonds is 0. The molecule has 3 heteroatoms. The van der Waals surface area contributed by atoms with Gasteiger partial charge in [0.05, 0.1) is 0 Å². The van der Waals surface area contributed by atoms with Gasteiger partial charge in [0.15, 0.2) is 11.5 Å². The Balaban J connectivity index is 1.84. The average molecular weight is 217 g/mol. The standard InChI is InChI=1S/C13H15NO2/c1-2-11-10-7-13-12(15-8-16-13)6-9(10)3-5-14(11)4-1/h6-7,11H,1-5,8H2/t11-/m1/s1. The van der Waals surface area contributed by atoms with Gasteiger partial charge >= 0.3 is 0 Å².